The van der Waals surface area contributed by atoms with Crippen LogP contribution in [-0.2, 0) is 11.2 Å². The molecule has 1 aliphatic heterocycles. The van der Waals surface area contributed by atoms with Crippen molar-refractivity contribution >= 4 is 11.8 Å². The lowest BCUT2D eigenvalue weighted by molar-refractivity contribution is -0.121. The van der Waals surface area contributed by atoms with Gasteiger partial charge < -0.3 is 18.9 Å². The smallest absolute Gasteiger partial charge is 0.269 e. The molecule has 1 aliphatic rings. The SMILES string of the molecule is COc1cc(CCC(=O)NNC(=O)c2ccc3c(c2)OCO3)cc(OC)c1. The van der Waals surface area contributed by atoms with E-state index in [1.807, 2.05) is 12.1 Å². The lowest BCUT2D eigenvalue weighted by Gasteiger charge is -2.10. The van der Waals surface area contributed by atoms with Crippen LogP contribution < -0.4 is 29.8 Å². The van der Waals surface area contributed by atoms with Gasteiger partial charge in [0.15, 0.2) is 11.5 Å². The van der Waals surface area contributed by atoms with Crippen LogP contribution in [0.25, 0.3) is 0 Å². The van der Waals surface area contributed by atoms with E-state index in [1.165, 1.54) is 0 Å². The number of amides is 2. The highest BCUT2D eigenvalue weighted by Gasteiger charge is 2.16. The van der Waals surface area contributed by atoms with E-state index in [-0.39, 0.29) is 19.1 Å². The zero-order chi connectivity index (χ0) is 19.2. The van der Waals surface area contributed by atoms with Crippen LogP contribution in [0.1, 0.15) is 22.3 Å². The van der Waals surface area contributed by atoms with Gasteiger partial charge in [-0.3, -0.25) is 20.4 Å². The molecule has 0 spiro atoms. The molecular formula is C19H20N2O6. The number of aryl methyl sites for hydroxylation is 1. The summed E-state index contributed by atoms with van der Waals surface area (Å²) in [6.07, 6.45) is 0.664. The minimum atomic E-state index is -0.440. The number of ether oxygens (including phenoxy) is 4. The maximum atomic E-state index is 12.1. The summed E-state index contributed by atoms with van der Waals surface area (Å²) in [6, 6.07) is 10.2. The first-order valence-electron chi connectivity index (χ1n) is 8.30. The molecule has 0 aromatic heterocycles. The Hall–Kier alpha value is -3.42. The molecule has 0 radical (unpaired) electrons. The maximum absolute atomic E-state index is 12.1. The van der Waals surface area contributed by atoms with Gasteiger partial charge in [-0.15, -0.1) is 0 Å². The predicted molar refractivity (Wildman–Crippen MR) is 96.0 cm³/mol. The standard InChI is InChI=1S/C19H20N2O6/c1-24-14-7-12(8-15(10-14)25-2)3-6-18(22)20-21-19(23)13-4-5-16-17(9-13)27-11-26-16/h4-5,7-10H,3,6,11H2,1-2H3,(H,20,22)(H,21,23). The molecule has 0 aliphatic carbocycles. The molecule has 0 unspecified atom stereocenters. The number of hydrogen-bond donors (Lipinski definition) is 2. The van der Waals surface area contributed by atoms with Crippen LogP contribution >= 0.6 is 0 Å². The van der Waals surface area contributed by atoms with Crippen molar-refractivity contribution in [2.24, 2.45) is 0 Å². The van der Waals surface area contributed by atoms with E-state index in [2.05, 4.69) is 10.9 Å². The fourth-order valence-electron chi connectivity index (χ4n) is 2.57. The molecule has 8 nitrogen and oxygen atoms in total. The molecule has 0 saturated carbocycles. The highest BCUT2D eigenvalue weighted by atomic mass is 16.7. The van der Waals surface area contributed by atoms with Gasteiger partial charge in [0.25, 0.3) is 5.91 Å². The Morgan fingerprint density at radius 3 is 2.37 bits per heavy atom. The fourth-order valence-corrected chi connectivity index (χ4v) is 2.57. The van der Waals surface area contributed by atoms with E-state index < -0.39 is 5.91 Å². The lowest BCUT2D eigenvalue weighted by atomic mass is 10.1. The highest BCUT2D eigenvalue weighted by molar-refractivity contribution is 5.96. The summed E-state index contributed by atoms with van der Waals surface area (Å²) in [5, 5.41) is 0. The molecule has 142 valence electrons. The van der Waals surface area contributed by atoms with Crippen molar-refractivity contribution < 1.29 is 28.5 Å². The molecule has 1 heterocycles. The van der Waals surface area contributed by atoms with Crippen LogP contribution in [0.15, 0.2) is 36.4 Å². The summed E-state index contributed by atoms with van der Waals surface area (Å²) in [6.45, 7) is 0.131. The number of rotatable bonds is 6. The number of methoxy groups -OCH3 is 2. The van der Waals surface area contributed by atoms with Crippen molar-refractivity contribution in [2.45, 2.75) is 12.8 Å². The topological polar surface area (TPSA) is 95.1 Å². The largest absolute Gasteiger partial charge is 0.497 e. The van der Waals surface area contributed by atoms with Crippen LogP contribution in [0.4, 0.5) is 0 Å². The van der Waals surface area contributed by atoms with Crippen LogP contribution in [0, 0.1) is 0 Å². The van der Waals surface area contributed by atoms with Gasteiger partial charge in [0.1, 0.15) is 11.5 Å². The van der Waals surface area contributed by atoms with E-state index >= 15 is 0 Å². The third-order valence-electron chi connectivity index (χ3n) is 4.00. The van der Waals surface area contributed by atoms with Crippen molar-refractivity contribution in [2.75, 3.05) is 21.0 Å². The molecule has 2 aromatic carbocycles. The van der Waals surface area contributed by atoms with Crippen LogP contribution in [-0.4, -0.2) is 32.8 Å². The predicted octanol–water partition coefficient (Wildman–Crippen LogP) is 1.83. The third kappa shape index (κ3) is 4.60. The van der Waals surface area contributed by atoms with Gasteiger partial charge in [0, 0.05) is 18.1 Å². The number of hydrogen-bond acceptors (Lipinski definition) is 6. The summed E-state index contributed by atoms with van der Waals surface area (Å²) in [5.74, 6) is 1.64. The maximum Gasteiger partial charge on any atom is 0.269 e. The zero-order valence-corrected chi connectivity index (χ0v) is 15.0. The first kappa shape index (κ1) is 18.4. The van der Waals surface area contributed by atoms with E-state index in [4.69, 9.17) is 18.9 Å². The Kier molecular flexibility index (Phi) is 5.65. The number of benzene rings is 2. The summed E-state index contributed by atoms with van der Waals surface area (Å²) in [4.78, 5) is 24.2. The molecule has 2 aromatic rings. The molecule has 2 N–H and O–H groups in total. The van der Waals surface area contributed by atoms with Crippen molar-refractivity contribution in [3.63, 3.8) is 0 Å². The van der Waals surface area contributed by atoms with Gasteiger partial charge in [-0.2, -0.15) is 0 Å². The van der Waals surface area contributed by atoms with Gasteiger partial charge in [-0.1, -0.05) is 0 Å². The zero-order valence-electron chi connectivity index (χ0n) is 15.0. The van der Waals surface area contributed by atoms with Gasteiger partial charge in [0.05, 0.1) is 14.2 Å². The monoisotopic (exact) mass is 372 g/mol. The normalized spacial score (nSPS) is 11.6. The van der Waals surface area contributed by atoms with Crippen LogP contribution in [0.5, 0.6) is 23.0 Å². The molecule has 0 fully saturated rings. The first-order chi connectivity index (χ1) is 13.1. The quantitative estimate of drug-likeness (QED) is 0.751. The molecular weight excluding hydrogens is 352 g/mol. The second-order valence-corrected chi connectivity index (χ2v) is 5.79. The number of carbonyl (C=O) groups excluding carboxylic acids is 2. The van der Waals surface area contributed by atoms with Crippen molar-refractivity contribution in [1.82, 2.24) is 10.9 Å². The second kappa shape index (κ2) is 8.31. The number of fused-ring (bicyclic) bond motifs is 1. The summed E-state index contributed by atoms with van der Waals surface area (Å²) < 4.78 is 20.8. The molecule has 2 amide bonds. The van der Waals surface area contributed by atoms with Gasteiger partial charge in [-0.25, -0.2) is 0 Å². The summed E-state index contributed by atoms with van der Waals surface area (Å²) in [5.41, 5.74) is 6.04. The Morgan fingerprint density at radius 1 is 0.963 bits per heavy atom. The molecule has 27 heavy (non-hydrogen) atoms. The van der Waals surface area contributed by atoms with Crippen LogP contribution in [0.2, 0.25) is 0 Å². The second-order valence-electron chi connectivity index (χ2n) is 5.79. The van der Waals surface area contributed by atoms with Crippen molar-refractivity contribution in [3.05, 3.63) is 47.5 Å². The number of hydrazine groups is 1. The molecule has 0 atom stereocenters. The Labute approximate surface area is 156 Å². The van der Waals surface area contributed by atoms with E-state index in [1.54, 1.807) is 38.5 Å². The van der Waals surface area contributed by atoms with Gasteiger partial charge in [0.2, 0.25) is 12.7 Å². The summed E-state index contributed by atoms with van der Waals surface area (Å²) in [7, 11) is 3.13. The first-order valence-corrected chi connectivity index (χ1v) is 8.30. The van der Waals surface area contributed by atoms with Gasteiger partial charge in [-0.05, 0) is 42.3 Å². The molecule has 8 heteroatoms. The van der Waals surface area contributed by atoms with Gasteiger partial charge >= 0.3 is 0 Å². The summed E-state index contributed by atoms with van der Waals surface area (Å²) >= 11 is 0. The van der Waals surface area contributed by atoms with Crippen LogP contribution in [0.3, 0.4) is 0 Å². The molecule has 3 rings (SSSR count). The lowest BCUT2D eigenvalue weighted by Crippen LogP contribution is -2.41. The van der Waals surface area contributed by atoms with E-state index in [0.717, 1.165) is 5.56 Å². The average Bonchev–Trinajstić information content (AvgIpc) is 3.17. The Bertz CT molecular complexity index is 830. The number of nitrogens with one attached hydrogen (secondary N) is 2. The van der Waals surface area contributed by atoms with E-state index in [9.17, 15) is 9.59 Å². The van der Waals surface area contributed by atoms with Crippen molar-refractivity contribution in [1.29, 1.82) is 0 Å². The van der Waals surface area contributed by atoms with Crippen molar-refractivity contribution in [3.8, 4) is 23.0 Å². The average molecular weight is 372 g/mol. The van der Waals surface area contributed by atoms with E-state index in [0.29, 0.717) is 35.0 Å². The molecule has 0 bridgehead atoms. The number of carbonyl (C=O) groups is 2. The molecule has 0 saturated heterocycles. The fraction of sp³-hybridized carbons (Fsp3) is 0.263. The minimum Gasteiger partial charge on any atom is -0.497 e. The third-order valence-corrected chi connectivity index (χ3v) is 4.00. The minimum absolute atomic E-state index is 0.131. The Morgan fingerprint density at radius 2 is 1.67 bits per heavy atom. The Balaban J connectivity index is 1.50. The highest BCUT2D eigenvalue weighted by Crippen LogP contribution is 2.32.